The number of carbonyl (C=O) groups is 1. The fourth-order valence-electron chi connectivity index (χ4n) is 2.15. The molecule has 1 amide bonds. The van der Waals surface area contributed by atoms with Crippen LogP contribution in [-0.4, -0.2) is 47.7 Å². The number of rotatable bonds is 3. The van der Waals surface area contributed by atoms with E-state index in [-0.39, 0.29) is 17.6 Å². The molecule has 7 nitrogen and oxygen atoms in total. The van der Waals surface area contributed by atoms with Gasteiger partial charge in [-0.1, -0.05) is 0 Å². The fourth-order valence-corrected chi connectivity index (χ4v) is 2.15. The highest BCUT2D eigenvalue weighted by atomic mass is 16.5. The van der Waals surface area contributed by atoms with Gasteiger partial charge in [0.05, 0.1) is 25.6 Å². The number of morpholine rings is 1. The average molecular weight is 273 g/mol. The van der Waals surface area contributed by atoms with Crippen LogP contribution in [0.2, 0.25) is 0 Å². The Kier molecular flexibility index (Phi) is 3.48. The van der Waals surface area contributed by atoms with Crippen molar-refractivity contribution >= 4 is 11.7 Å². The second-order valence-electron chi connectivity index (χ2n) is 4.94. The predicted octanol–water partition coefficient (Wildman–Crippen LogP) is -0.168. The molecule has 20 heavy (non-hydrogen) atoms. The summed E-state index contributed by atoms with van der Waals surface area (Å²) in [5.74, 6) is 0.571. The molecule has 1 aliphatic heterocycles. The standard InChI is InChI=1S/C13H15N5O2/c14-5-10-6-16-12(7-15-10)18-3-4-20-8-11(18)13(19)17-9-1-2-9/h6-7,9,11H,1-4,8H2,(H,17,19). The van der Waals surface area contributed by atoms with Crippen LogP contribution in [0.5, 0.6) is 0 Å². The number of amides is 1. The predicted molar refractivity (Wildman–Crippen MR) is 69.9 cm³/mol. The van der Waals surface area contributed by atoms with Gasteiger partial charge in [0, 0.05) is 12.6 Å². The maximum atomic E-state index is 12.2. The number of ether oxygens (including phenoxy) is 1. The van der Waals surface area contributed by atoms with E-state index in [4.69, 9.17) is 10.00 Å². The molecule has 2 heterocycles. The van der Waals surface area contributed by atoms with Gasteiger partial charge in [0.2, 0.25) is 5.91 Å². The molecule has 2 fully saturated rings. The van der Waals surface area contributed by atoms with E-state index >= 15 is 0 Å². The first-order valence-corrected chi connectivity index (χ1v) is 6.65. The summed E-state index contributed by atoms with van der Waals surface area (Å²) in [6.45, 7) is 1.48. The van der Waals surface area contributed by atoms with Gasteiger partial charge in [0.1, 0.15) is 17.9 Å². The third-order valence-corrected chi connectivity index (χ3v) is 3.40. The Morgan fingerprint density at radius 3 is 2.95 bits per heavy atom. The van der Waals surface area contributed by atoms with Crippen molar-refractivity contribution in [2.75, 3.05) is 24.7 Å². The summed E-state index contributed by atoms with van der Waals surface area (Å²) in [7, 11) is 0. The van der Waals surface area contributed by atoms with Gasteiger partial charge in [-0.05, 0) is 12.8 Å². The maximum Gasteiger partial charge on any atom is 0.245 e. The Labute approximate surface area is 116 Å². The Bertz CT molecular complexity index is 535. The second kappa shape index (κ2) is 5.43. The van der Waals surface area contributed by atoms with Crippen molar-refractivity contribution in [3.05, 3.63) is 18.1 Å². The van der Waals surface area contributed by atoms with E-state index in [1.165, 1.54) is 12.4 Å². The van der Waals surface area contributed by atoms with Crippen LogP contribution in [0.3, 0.4) is 0 Å². The highest BCUT2D eigenvalue weighted by Crippen LogP contribution is 2.21. The number of aromatic nitrogens is 2. The van der Waals surface area contributed by atoms with Crippen LogP contribution >= 0.6 is 0 Å². The van der Waals surface area contributed by atoms with Gasteiger partial charge >= 0.3 is 0 Å². The summed E-state index contributed by atoms with van der Waals surface area (Å²) >= 11 is 0. The Morgan fingerprint density at radius 1 is 1.45 bits per heavy atom. The van der Waals surface area contributed by atoms with Gasteiger partial charge in [-0.15, -0.1) is 0 Å². The van der Waals surface area contributed by atoms with Crippen molar-refractivity contribution in [3.63, 3.8) is 0 Å². The molecule has 7 heteroatoms. The third kappa shape index (κ3) is 2.70. The summed E-state index contributed by atoms with van der Waals surface area (Å²) in [5, 5.41) is 11.7. The summed E-state index contributed by atoms with van der Waals surface area (Å²) in [6.07, 6.45) is 5.05. The molecule has 1 aliphatic carbocycles. The molecule has 0 radical (unpaired) electrons. The van der Waals surface area contributed by atoms with Crippen LogP contribution < -0.4 is 10.2 Å². The topological polar surface area (TPSA) is 91.1 Å². The lowest BCUT2D eigenvalue weighted by atomic mass is 10.2. The Hall–Kier alpha value is -2.20. The number of nitriles is 1. The zero-order valence-corrected chi connectivity index (χ0v) is 11.0. The highest BCUT2D eigenvalue weighted by Gasteiger charge is 2.33. The molecular weight excluding hydrogens is 258 g/mol. The number of hydrogen-bond donors (Lipinski definition) is 1. The van der Waals surface area contributed by atoms with Crippen molar-refractivity contribution in [2.24, 2.45) is 0 Å². The quantitative estimate of drug-likeness (QED) is 0.822. The van der Waals surface area contributed by atoms with Gasteiger partial charge in [-0.2, -0.15) is 5.26 Å². The minimum Gasteiger partial charge on any atom is -0.377 e. The third-order valence-electron chi connectivity index (χ3n) is 3.40. The smallest absolute Gasteiger partial charge is 0.245 e. The number of anilines is 1. The summed E-state index contributed by atoms with van der Waals surface area (Å²) in [6, 6.07) is 1.86. The molecule has 1 aromatic heterocycles. The summed E-state index contributed by atoms with van der Waals surface area (Å²) in [5.41, 5.74) is 0.265. The molecule has 0 spiro atoms. The molecule has 1 unspecified atom stereocenters. The van der Waals surface area contributed by atoms with Crippen LogP contribution in [-0.2, 0) is 9.53 Å². The van der Waals surface area contributed by atoms with Gasteiger partial charge in [-0.25, -0.2) is 9.97 Å². The van der Waals surface area contributed by atoms with Crippen LogP contribution in [0.4, 0.5) is 5.82 Å². The zero-order chi connectivity index (χ0) is 13.9. The van der Waals surface area contributed by atoms with Crippen molar-refractivity contribution in [3.8, 4) is 6.07 Å². The molecule has 104 valence electrons. The van der Waals surface area contributed by atoms with E-state index in [0.717, 1.165) is 12.8 Å². The summed E-state index contributed by atoms with van der Waals surface area (Å²) < 4.78 is 5.40. The largest absolute Gasteiger partial charge is 0.377 e. The minimum atomic E-state index is -0.383. The molecule has 1 saturated carbocycles. The molecule has 1 aromatic rings. The van der Waals surface area contributed by atoms with E-state index in [0.29, 0.717) is 31.6 Å². The van der Waals surface area contributed by atoms with Gasteiger partial charge in [0.25, 0.3) is 0 Å². The van der Waals surface area contributed by atoms with Crippen molar-refractivity contribution in [2.45, 2.75) is 24.9 Å². The fraction of sp³-hybridized carbons (Fsp3) is 0.538. The van der Waals surface area contributed by atoms with Crippen LogP contribution in [0, 0.1) is 11.3 Å². The molecule has 0 bridgehead atoms. The lowest BCUT2D eigenvalue weighted by Crippen LogP contribution is -2.54. The van der Waals surface area contributed by atoms with Crippen LogP contribution in [0.15, 0.2) is 12.4 Å². The molecule has 1 saturated heterocycles. The monoisotopic (exact) mass is 273 g/mol. The summed E-state index contributed by atoms with van der Waals surface area (Å²) in [4.78, 5) is 22.3. The molecule has 1 N–H and O–H groups in total. The van der Waals surface area contributed by atoms with E-state index in [1.54, 1.807) is 0 Å². The number of hydrogen-bond acceptors (Lipinski definition) is 6. The number of nitrogens with one attached hydrogen (secondary N) is 1. The molecule has 0 aromatic carbocycles. The molecule has 1 atom stereocenters. The Balaban J connectivity index is 1.76. The van der Waals surface area contributed by atoms with Crippen LogP contribution in [0.25, 0.3) is 0 Å². The Morgan fingerprint density at radius 2 is 2.30 bits per heavy atom. The van der Waals surface area contributed by atoms with Crippen LogP contribution in [0.1, 0.15) is 18.5 Å². The molecule has 2 aliphatic rings. The second-order valence-corrected chi connectivity index (χ2v) is 4.94. The van der Waals surface area contributed by atoms with Gasteiger partial charge in [0.15, 0.2) is 5.69 Å². The van der Waals surface area contributed by atoms with E-state index in [1.807, 2.05) is 11.0 Å². The number of nitrogens with zero attached hydrogens (tertiary/aromatic N) is 4. The first-order valence-electron chi connectivity index (χ1n) is 6.65. The normalized spacial score (nSPS) is 22.1. The van der Waals surface area contributed by atoms with E-state index in [2.05, 4.69) is 15.3 Å². The minimum absolute atomic E-state index is 0.0293. The molecular formula is C13H15N5O2. The average Bonchev–Trinajstić information content (AvgIpc) is 3.31. The van der Waals surface area contributed by atoms with Crippen molar-refractivity contribution in [1.29, 1.82) is 5.26 Å². The van der Waals surface area contributed by atoms with E-state index in [9.17, 15) is 4.79 Å². The SMILES string of the molecule is N#Cc1cnc(N2CCOCC2C(=O)NC2CC2)cn1. The highest BCUT2D eigenvalue weighted by molar-refractivity contribution is 5.85. The van der Waals surface area contributed by atoms with Crippen molar-refractivity contribution in [1.82, 2.24) is 15.3 Å². The lowest BCUT2D eigenvalue weighted by Gasteiger charge is -2.35. The van der Waals surface area contributed by atoms with E-state index < -0.39 is 0 Å². The number of carbonyl (C=O) groups excluding carboxylic acids is 1. The lowest BCUT2D eigenvalue weighted by molar-refractivity contribution is -0.124. The first-order chi connectivity index (χ1) is 9.78. The van der Waals surface area contributed by atoms with Gasteiger partial charge < -0.3 is 15.0 Å². The maximum absolute atomic E-state index is 12.2. The zero-order valence-electron chi connectivity index (χ0n) is 11.0. The van der Waals surface area contributed by atoms with Crippen molar-refractivity contribution < 1.29 is 9.53 Å². The van der Waals surface area contributed by atoms with Gasteiger partial charge in [-0.3, -0.25) is 4.79 Å². The first kappa shape index (κ1) is 12.8. The molecule has 3 rings (SSSR count).